The summed E-state index contributed by atoms with van der Waals surface area (Å²) in [6.45, 7) is 24.4. The Morgan fingerprint density at radius 1 is 0.169 bits per heavy atom. The number of hydrogen-bond acceptors (Lipinski definition) is 27. The van der Waals surface area contributed by atoms with Gasteiger partial charge in [-0.05, 0) is 241 Å². The number of aliphatic hydroxyl groups excluding tert-OH is 16. The second kappa shape index (κ2) is 49.0. The van der Waals surface area contributed by atoms with Crippen molar-refractivity contribution in [3.05, 3.63) is 351 Å². The molecule has 0 atom stereocenters. The number of phenolic OH excluding ortho intramolecular Hbond substituents is 1. The van der Waals surface area contributed by atoms with E-state index in [2.05, 4.69) is 52.0 Å². The lowest BCUT2D eigenvalue weighted by Crippen LogP contribution is -2.22. The van der Waals surface area contributed by atoms with Crippen LogP contribution < -0.4 is 0 Å². The fourth-order valence-electron chi connectivity index (χ4n) is 16.7. The summed E-state index contributed by atoms with van der Waals surface area (Å²) in [5, 5.41) is 260. The number of aryl methyl sites for hydroxylation is 7. The second-order valence-corrected chi connectivity index (χ2v) is 35.8. The number of aromatic hydroxyl groups is 11. The highest BCUT2D eigenvalue weighted by atomic mass is 16.3. The van der Waals surface area contributed by atoms with E-state index < -0.39 is 5.41 Å². The summed E-state index contributed by atoms with van der Waals surface area (Å²) >= 11 is 0. The van der Waals surface area contributed by atoms with Gasteiger partial charge in [0.25, 0.3) is 0 Å². The van der Waals surface area contributed by atoms with Crippen LogP contribution in [0.25, 0.3) is 0 Å². The largest absolute Gasteiger partial charge is 0.507 e. The van der Waals surface area contributed by atoms with Crippen molar-refractivity contribution in [2.24, 2.45) is 0 Å². The van der Waals surface area contributed by atoms with E-state index in [1.807, 2.05) is 109 Å². The summed E-state index contributed by atoms with van der Waals surface area (Å²) in [6.07, 6.45) is 1.22. The van der Waals surface area contributed by atoms with Crippen LogP contribution >= 0.6 is 0 Å². The van der Waals surface area contributed by atoms with Crippen molar-refractivity contribution in [3.63, 3.8) is 0 Å². The number of phenols is 11. The maximum atomic E-state index is 10.9. The quantitative estimate of drug-likeness (QED) is 0.0216. The van der Waals surface area contributed by atoms with Gasteiger partial charge in [-0.1, -0.05) is 143 Å². The summed E-state index contributed by atoms with van der Waals surface area (Å²) in [4.78, 5) is 0. The lowest BCUT2D eigenvalue weighted by atomic mass is 9.74. The van der Waals surface area contributed by atoms with Gasteiger partial charge in [-0.3, -0.25) is 0 Å². The van der Waals surface area contributed by atoms with Gasteiger partial charge in [0.15, 0.2) is 0 Å². The summed E-state index contributed by atoms with van der Waals surface area (Å²) in [7, 11) is 0. The zero-order chi connectivity index (χ0) is 102. The summed E-state index contributed by atoms with van der Waals surface area (Å²) in [5.74, 6) is 0.270. The molecule has 12 aromatic carbocycles. The van der Waals surface area contributed by atoms with Crippen LogP contribution in [0.3, 0.4) is 0 Å². The van der Waals surface area contributed by atoms with E-state index in [1.165, 1.54) is 12.1 Å². The van der Waals surface area contributed by atoms with E-state index in [-0.39, 0.29) is 180 Å². The molecule has 12 aromatic rings. The van der Waals surface area contributed by atoms with E-state index in [0.717, 1.165) is 83.5 Å². The first-order valence-corrected chi connectivity index (χ1v) is 44.2. The highest BCUT2D eigenvalue weighted by Gasteiger charge is 2.32. The Kier molecular flexibility index (Phi) is 39.9. The van der Waals surface area contributed by atoms with Crippen molar-refractivity contribution in [2.75, 3.05) is 0 Å². The van der Waals surface area contributed by atoms with Crippen LogP contribution in [0.2, 0.25) is 0 Å². The third-order valence-electron chi connectivity index (χ3n) is 25.2. The molecule has 0 fully saturated rings. The highest BCUT2D eigenvalue weighted by molar-refractivity contribution is 5.59. The van der Waals surface area contributed by atoms with Crippen LogP contribution in [0.4, 0.5) is 0 Å². The van der Waals surface area contributed by atoms with E-state index >= 15 is 0 Å². The molecule has 0 amide bonds. The summed E-state index contributed by atoms with van der Waals surface area (Å²) in [5.41, 5.74) is 22.9. The molecule has 0 aliphatic rings. The van der Waals surface area contributed by atoms with Crippen molar-refractivity contribution in [2.45, 2.75) is 245 Å². The smallest absolute Gasteiger partial charge is 0.127 e. The molecule has 0 heterocycles. The molecule has 0 saturated carbocycles. The maximum Gasteiger partial charge on any atom is 0.127 e. The Bertz CT molecular complexity index is 5700. The monoisotopic (exact) mass is 1870 g/mol. The Hall–Kier alpha value is -12.2. The lowest BCUT2D eigenvalue weighted by Gasteiger charge is -2.30. The van der Waals surface area contributed by atoms with Crippen molar-refractivity contribution < 1.29 is 138 Å². The standard InChI is InChI=1S/C28H34O4.C25H28O5.C19H24O6.C17H20O4.C11H16O4.C9H12O4/c1-17-11-23(13-19(15-29)25(17)31)27(3,4)21-7-9-22(10-8-21)28(5,6)24-12-18(2)26(32)20(14-24)16-30;1-14-4-17(10-19-6-15(2)8-21(12-26)24(19)29)23(28)18(5-14)11-20-7-16(3)9-22(13-27)25(20)30;1-19(2,15-3-11(7-20)17(24)12(4-15)8-21)16-5-13(9-22)18(25)14(6-16)10-23;1-10-3-12(6-14(8-18)16(10)20)5-13-4-11(2)17(21)15(7-13)9-19;1-6-8(3-12)7(2)10(5-14)11(15)9(6)4-13;10-3-6-1-7(4-11)9(13)8(2-6)5-12/h7-14,29-32H,15-16H2,1-6H3;4-9,26-30H,10-13H2,1-3H3;3-6,20-25H,7-10H2,1-2H3;3-4,6-7,18-21H,5,8-9H2,1-2H3;12-15H,3-5H2,1-2H3;1-2,10-13H,3-5H2. The van der Waals surface area contributed by atoms with E-state index in [1.54, 1.807) is 76.2 Å². The minimum atomic E-state index is -0.636. The average Bonchev–Trinajstić information content (AvgIpc) is 0.771. The Morgan fingerprint density at radius 2 is 0.360 bits per heavy atom. The number of benzene rings is 12. The van der Waals surface area contributed by atoms with Crippen molar-refractivity contribution in [1.29, 1.82) is 0 Å². The van der Waals surface area contributed by atoms with E-state index in [4.69, 9.17) is 25.5 Å². The molecule has 0 saturated heterocycles. The molecular formula is C109H134O27. The molecular weight excluding hydrogens is 1740 g/mol. The predicted octanol–water partition coefficient (Wildman–Crippen LogP) is 13.3. The molecule has 0 aliphatic carbocycles. The molecule has 27 N–H and O–H groups in total. The SMILES string of the molecule is CC(C)(c1cc(CO)c(O)c(CO)c1)c1cc(CO)c(O)c(CO)c1.Cc1c(CO)c(C)c(CO)c(O)c1CO.Cc1cc(C(C)(C)c2ccc(C(C)(C)c3cc(C)c(O)c(CO)c3)cc2)cc(CO)c1O.Cc1cc(CO)c(O)c(Cc2cc(C)cc(Cc3cc(C)cc(CO)c3O)c2O)c1.Cc1cc(Cc2cc(C)c(O)c(CO)c2)cc(CO)c1O.OCc1cc(CO)c(O)c(CO)c1. The molecule has 0 bridgehead atoms. The zero-order valence-electron chi connectivity index (χ0n) is 79.9. The lowest BCUT2D eigenvalue weighted by molar-refractivity contribution is 0.256. The van der Waals surface area contributed by atoms with Gasteiger partial charge in [0.1, 0.15) is 63.2 Å². The first-order chi connectivity index (χ1) is 64.2. The molecule has 0 aromatic heterocycles. The molecule has 0 radical (unpaired) electrons. The summed E-state index contributed by atoms with van der Waals surface area (Å²) in [6, 6.07) is 43.9. The third-order valence-corrected chi connectivity index (χ3v) is 25.2. The van der Waals surface area contributed by atoms with Gasteiger partial charge in [-0.15, -0.1) is 0 Å². The van der Waals surface area contributed by atoms with Crippen LogP contribution in [0.15, 0.2) is 146 Å². The maximum absolute atomic E-state index is 10.9. The fraction of sp³-hybridized carbons (Fsp3) is 0.339. The highest BCUT2D eigenvalue weighted by Crippen LogP contribution is 2.44. The van der Waals surface area contributed by atoms with Crippen LogP contribution in [0, 0.1) is 62.3 Å². The minimum Gasteiger partial charge on any atom is -0.507 e. The van der Waals surface area contributed by atoms with Crippen LogP contribution in [-0.2, 0) is 141 Å². The molecule has 27 nitrogen and oxygen atoms in total. The second-order valence-electron chi connectivity index (χ2n) is 35.8. The minimum absolute atomic E-state index is 0.0365. The van der Waals surface area contributed by atoms with Crippen LogP contribution in [-0.4, -0.2) is 138 Å². The molecule has 27 heteroatoms. The van der Waals surface area contributed by atoms with Gasteiger partial charge >= 0.3 is 0 Å². The molecule has 0 aliphatic heterocycles. The average molecular weight is 1880 g/mol. The topological polar surface area (TPSA) is 546 Å². The Labute approximate surface area is 793 Å². The van der Waals surface area contributed by atoms with Gasteiger partial charge in [-0.2, -0.15) is 0 Å². The van der Waals surface area contributed by atoms with E-state index in [0.29, 0.717) is 142 Å². The third kappa shape index (κ3) is 25.9. The van der Waals surface area contributed by atoms with Gasteiger partial charge in [0.05, 0.1) is 106 Å². The number of aliphatic hydroxyl groups is 16. The van der Waals surface area contributed by atoms with Gasteiger partial charge < -0.3 is 138 Å². The first kappa shape index (κ1) is 111. The first-order valence-electron chi connectivity index (χ1n) is 44.2. The van der Waals surface area contributed by atoms with Crippen molar-refractivity contribution in [1.82, 2.24) is 0 Å². The van der Waals surface area contributed by atoms with E-state index in [9.17, 15) is 112 Å². The van der Waals surface area contributed by atoms with Crippen molar-refractivity contribution in [3.8, 4) is 63.2 Å². The summed E-state index contributed by atoms with van der Waals surface area (Å²) < 4.78 is 0. The fourth-order valence-corrected chi connectivity index (χ4v) is 16.7. The molecule has 0 spiro atoms. The molecule has 732 valence electrons. The predicted molar refractivity (Wildman–Crippen MR) is 518 cm³/mol. The van der Waals surface area contributed by atoms with Crippen LogP contribution in [0.5, 0.6) is 63.2 Å². The molecule has 136 heavy (non-hydrogen) atoms. The Balaban J connectivity index is 0.000000228. The normalized spacial score (nSPS) is 11.3. The van der Waals surface area contributed by atoms with Gasteiger partial charge in [0, 0.05) is 107 Å². The van der Waals surface area contributed by atoms with Gasteiger partial charge in [0.2, 0.25) is 0 Å². The molecule has 12 rings (SSSR count). The number of hydrogen-bond donors (Lipinski definition) is 27. The van der Waals surface area contributed by atoms with Gasteiger partial charge in [-0.25, -0.2) is 0 Å². The molecule has 0 unspecified atom stereocenters. The number of rotatable bonds is 28. The Morgan fingerprint density at radius 3 is 0.610 bits per heavy atom. The zero-order valence-corrected chi connectivity index (χ0v) is 79.9. The van der Waals surface area contributed by atoms with Crippen molar-refractivity contribution >= 4 is 0 Å². The van der Waals surface area contributed by atoms with Crippen LogP contribution in [0.1, 0.15) is 247 Å².